The van der Waals surface area contributed by atoms with Crippen LogP contribution in [0.1, 0.15) is 19.8 Å². The van der Waals surface area contributed by atoms with Crippen LogP contribution >= 0.6 is 0 Å². The molecular weight excluding hydrogens is 194 g/mol. The number of allylic oxidation sites excluding steroid dienone is 8. The van der Waals surface area contributed by atoms with E-state index >= 15 is 0 Å². The van der Waals surface area contributed by atoms with E-state index in [1.165, 1.54) is 11.1 Å². The Labute approximate surface area is 97.3 Å². The molecule has 0 aromatic carbocycles. The number of hydrogen-bond donors (Lipinski definition) is 0. The minimum absolute atomic E-state index is 0.357. The van der Waals surface area contributed by atoms with Gasteiger partial charge in [0.15, 0.2) is 0 Å². The molecular formula is C15H17N. The molecule has 1 atom stereocenters. The quantitative estimate of drug-likeness (QED) is 0.613. The molecule has 0 aromatic rings. The molecule has 0 saturated carbocycles. The Kier molecular flexibility index (Phi) is 3.35. The fourth-order valence-corrected chi connectivity index (χ4v) is 1.90. The van der Waals surface area contributed by atoms with Gasteiger partial charge in [0.2, 0.25) is 0 Å². The van der Waals surface area contributed by atoms with Crippen LogP contribution in [0.15, 0.2) is 64.9 Å². The van der Waals surface area contributed by atoms with Gasteiger partial charge < -0.3 is 0 Å². The van der Waals surface area contributed by atoms with Gasteiger partial charge in [-0.05, 0) is 30.6 Å². The van der Waals surface area contributed by atoms with Gasteiger partial charge >= 0.3 is 0 Å². The minimum Gasteiger partial charge on any atom is -0.257 e. The molecule has 1 heterocycles. The van der Waals surface area contributed by atoms with Crippen LogP contribution in [0.3, 0.4) is 0 Å². The Hall–Kier alpha value is -1.63. The molecule has 2 rings (SSSR count). The summed E-state index contributed by atoms with van der Waals surface area (Å²) in [5, 5.41) is 0. The van der Waals surface area contributed by atoms with E-state index in [9.17, 15) is 0 Å². The highest BCUT2D eigenvalue weighted by Crippen LogP contribution is 2.27. The predicted octanol–water partition coefficient (Wildman–Crippen LogP) is 3.98. The molecule has 1 aliphatic carbocycles. The fraction of sp³-hybridized carbons (Fsp3) is 0.267. The van der Waals surface area contributed by atoms with E-state index in [4.69, 9.17) is 0 Å². The van der Waals surface area contributed by atoms with Crippen LogP contribution in [0.2, 0.25) is 0 Å². The highest BCUT2D eigenvalue weighted by molar-refractivity contribution is 5.74. The molecule has 0 aromatic heterocycles. The number of fused-ring (bicyclic) bond motifs is 1. The lowest BCUT2D eigenvalue weighted by Crippen LogP contribution is -1.96. The molecule has 0 spiro atoms. The summed E-state index contributed by atoms with van der Waals surface area (Å²) in [5.74, 6) is 0.357. The number of hydrogen-bond acceptors (Lipinski definition) is 1. The summed E-state index contributed by atoms with van der Waals surface area (Å²) >= 11 is 0. The van der Waals surface area contributed by atoms with Gasteiger partial charge in [-0.25, -0.2) is 0 Å². The van der Waals surface area contributed by atoms with Crippen molar-refractivity contribution in [1.29, 1.82) is 0 Å². The SMILES string of the molecule is C=C(CC)C1C=CC=C2N=CC=CCC2=C1. The second kappa shape index (κ2) is 4.93. The molecule has 0 bridgehead atoms. The molecule has 16 heavy (non-hydrogen) atoms. The van der Waals surface area contributed by atoms with Gasteiger partial charge in [0, 0.05) is 12.1 Å². The molecule has 0 saturated heterocycles. The smallest absolute Gasteiger partial charge is 0.0661 e. The van der Waals surface area contributed by atoms with Gasteiger partial charge in [0.05, 0.1) is 5.70 Å². The summed E-state index contributed by atoms with van der Waals surface area (Å²) in [6, 6.07) is 0. The highest BCUT2D eigenvalue weighted by Gasteiger charge is 2.12. The van der Waals surface area contributed by atoms with Crippen molar-refractivity contribution in [2.75, 3.05) is 0 Å². The Bertz CT molecular complexity index is 430. The molecule has 0 N–H and O–H groups in total. The fourth-order valence-electron chi connectivity index (χ4n) is 1.90. The predicted molar refractivity (Wildman–Crippen MR) is 70.5 cm³/mol. The first-order valence-electron chi connectivity index (χ1n) is 5.77. The van der Waals surface area contributed by atoms with Crippen molar-refractivity contribution in [1.82, 2.24) is 0 Å². The topological polar surface area (TPSA) is 12.4 Å². The third kappa shape index (κ3) is 2.30. The van der Waals surface area contributed by atoms with Crippen molar-refractivity contribution < 1.29 is 0 Å². The monoisotopic (exact) mass is 211 g/mol. The molecule has 0 fully saturated rings. The zero-order valence-corrected chi connectivity index (χ0v) is 9.69. The van der Waals surface area contributed by atoms with Crippen molar-refractivity contribution in [3.8, 4) is 0 Å². The summed E-state index contributed by atoms with van der Waals surface area (Å²) in [5.41, 5.74) is 3.64. The van der Waals surface area contributed by atoms with Crippen molar-refractivity contribution in [2.24, 2.45) is 10.9 Å². The molecule has 1 nitrogen and oxygen atoms in total. The first kappa shape index (κ1) is 10.9. The Morgan fingerprint density at radius 3 is 3.19 bits per heavy atom. The molecule has 2 aliphatic rings. The maximum absolute atomic E-state index is 4.42. The molecule has 0 amide bonds. The first-order valence-corrected chi connectivity index (χ1v) is 5.77. The van der Waals surface area contributed by atoms with E-state index in [1.807, 2.05) is 12.3 Å². The van der Waals surface area contributed by atoms with Gasteiger partial charge in [0.1, 0.15) is 0 Å². The van der Waals surface area contributed by atoms with Gasteiger partial charge in [-0.15, -0.1) is 0 Å². The van der Waals surface area contributed by atoms with Gasteiger partial charge in [-0.3, -0.25) is 4.99 Å². The normalized spacial score (nSPS) is 22.9. The summed E-state index contributed by atoms with van der Waals surface area (Å²) in [7, 11) is 0. The van der Waals surface area contributed by atoms with Crippen LogP contribution < -0.4 is 0 Å². The zero-order valence-electron chi connectivity index (χ0n) is 9.69. The third-order valence-electron chi connectivity index (χ3n) is 2.98. The van der Waals surface area contributed by atoms with E-state index in [0.29, 0.717) is 5.92 Å². The molecule has 82 valence electrons. The van der Waals surface area contributed by atoms with E-state index < -0.39 is 0 Å². The van der Waals surface area contributed by atoms with E-state index in [0.717, 1.165) is 18.5 Å². The van der Waals surface area contributed by atoms with Crippen molar-refractivity contribution >= 4 is 6.21 Å². The summed E-state index contributed by atoms with van der Waals surface area (Å²) in [6.45, 7) is 6.28. The second-order valence-corrected chi connectivity index (χ2v) is 4.08. The molecule has 1 unspecified atom stereocenters. The van der Waals surface area contributed by atoms with Crippen LogP contribution in [0.25, 0.3) is 0 Å². The average molecular weight is 211 g/mol. The standard InChI is InChI=1S/C15H17N/c1-3-12(2)13-8-6-9-15-14(11-13)7-4-5-10-16-15/h4-6,8-11,13H,2-3,7H2,1H3. The zero-order chi connectivity index (χ0) is 11.4. The van der Waals surface area contributed by atoms with Crippen LogP contribution in [-0.4, -0.2) is 6.21 Å². The van der Waals surface area contributed by atoms with Crippen LogP contribution in [0.5, 0.6) is 0 Å². The molecule has 0 radical (unpaired) electrons. The molecule has 1 heteroatoms. The Balaban J connectivity index is 2.32. The lowest BCUT2D eigenvalue weighted by Gasteiger charge is -2.11. The third-order valence-corrected chi connectivity index (χ3v) is 2.98. The Morgan fingerprint density at radius 2 is 2.38 bits per heavy atom. The van der Waals surface area contributed by atoms with Crippen molar-refractivity contribution in [3.63, 3.8) is 0 Å². The van der Waals surface area contributed by atoms with E-state index in [1.54, 1.807) is 0 Å². The summed E-state index contributed by atoms with van der Waals surface area (Å²) < 4.78 is 0. The van der Waals surface area contributed by atoms with Crippen LogP contribution in [0, 0.1) is 5.92 Å². The van der Waals surface area contributed by atoms with Gasteiger partial charge in [0.25, 0.3) is 0 Å². The lowest BCUT2D eigenvalue weighted by molar-refractivity contribution is 0.884. The first-order chi connectivity index (χ1) is 7.81. The van der Waals surface area contributed by atoms with Crippen LogP contribution in [-0.2, 0) is 0 Å². The van der Waals surface area contributed by atoms with Gasteiger partial charge in [-0.1, -0.05) is 43.4 Å². The number of aliphatic imine (C=N–C) groups is 1. The molecule has 1 aliphatic heterocycles. The number of nitrogens with zero attached hydrogens (tertiary/aromatic N) is 1. The average Bonchev–Trinajstić information content (AvgIpc) is 2.62. The van der Waals surface area contributed by atoms with E-state index in [-0.39, 0.29) is 0 Å². The van der Waals surface area contributed by atoms with Crippen LogP contribution in [0.4, 0.5) is 0 Å². The summed E-state index contributed by atoms with van der Waals surface area (Å²) in [6.07, 6.45) is 16.6. The number of rotatable bonds is 2. The lowest BCUT2D eigenvalue weighted by atomic mass is 9.95. The Morgan fingerprint density at radius 1 is 1.50 bits per heavy atom. The van der Waals surface area contributed by atoms with Gasteiger partial charge in [-0.2, -0.15) is 0 Å². The minimum atomic E-state index is 0.357. The highest BCUT2D eigenvalue weighted by atomic mass is 14.7. The summed E-state index contributed by atoms with van der Waals surface area (Å²) in [4.78, 5) is 4.42. The van der Waals surface area contributed by atoms with E-state index in [2.05, 4.69) is 48.9 Å². The van der Waals surface area contributed by atoms with Crippen molar-refractivity contribution in [2.45, 2.75) is 19.8 Å². The maximum atomic E-state index is 4.42. The van der Waals surface area contributed by atoms with Crippen molar-refractivity contribution in [3.05, 3.63) is 59.9 Å². The second-order valence-electron chi connectivity index (χ2n) is 4.08. The maximum Gasteiger partial charge on any atom is 0.0661 e. The largest absolute Gasteiger partial charge is 0.257 e.